The molecule has 0 aliphatic heterocycles. The molecule has 0 unspecified atom stereocenters. The van der Waals surface area contributed by atoms with Crippen molar-refractivity contribution < 1.29 is 4.79 Å². The maximum absolute atomic E-state index is 12.1. The maximum atomic E-state index is 12.1. The van der Waals surface area contributed by atoms with Crippen LogP contribution in [0.3, 0.4) is 0 Å². The first-order chi connectivity index (χ1) is 8.59. The number of aromatic amines is 1. The molecule has 0 saturated carbocycles. The molecular formula is C14H14N2O2. The molecule has 0 fully saturated rings. The van der Waals surface area contributed by atoms with E-state index in [-0.39, 0.29) is 17.2 Å². The second-order valence-corrected chi connectivity index (χ2v) is 4.13. The summed E-state index contributed by atoms with van der Waals surface area (Å²) >= 11 is 0. The summed E-state index contributed by atoms with van der Waals surface area (Å²) in [5, 5.41) is 2.63. The normalized spacial score (nSPS) is 10.1. The van der Waals surface area contributed by atoms with Crippen molar-refractivity contribution in [2.45, 2.75) is 13.8 Å². The Labute approximate surface area is 105 Å². The molecule has 4 heteroatoms. The summed E-state index contributed by atoms with van der Waals surface area (Å²) in [5.74, 6) is -0.262. The number of amides is 1. The highest BCUT2D eigenvalue weighted by atomic mass is 16.2. The summed E-state index contributed by atoms with van der Waals surface area (Å²) < 4.78 is 0. The van der Waals surface area contributed by atoms with Gasteiger partial charge in [-0.05, 0) is 37.1 Å². The molecule has 4 nitrogen and oxygen atoms in total. The molecule has 2 N–H and O–H groups in total. The van der Waals surface area contributed by atoms with Crippen molar-refractivity contribution in [3.63, 3.8) is 0 Å². The molecule has 2 aromatic rings. The van der Waals surface area contributed by atoms with Crippen LogP contribution in [0.5, 0.6) is 0 Å². The number of hydrogen-bond acceptors (Lipinski definition) is 2. The molecule has 2 rings (SSSR count). The third kappa shape index (κ3) is 2.32. The fraction of sp³-hybridized carbons (Fsp3) is 0.143. The van der Waals surface area contributed by atoms with Crippen molar-refractivity contribution in [3.8, 4) is 0 Å². The molecule has 0 atom stereocenters. The lowest BCUT2D eigenvalue weighted by atomic mass is 10.0. The topological polar surface area (TPSA) is 62.0 Å². The first-order valence-electron chi connectivity index (χ1n) is 5.65. The van der Waals surface area contributed by atoms with Crippen LogP contribution in [0.4, 0.5) is 5.69 Å². The van der Waals surface area contributed by atoms with Gasteiger partial charge in [0.2, 0.25) is 0 Å². The zero-order valence-electron chi connectivity index (χ0n) is 10.3. The number of rotatable bonds is 2. The van der Waals surface area contributed by atoms with E-state index in [1.54, 1.807) is 12.1 Å². The van der Waals surface area contributed by atoms with Crippen LogP contribution in [-0.2, 0) is 0 Å². The van der Waals surface area contributed by atoms with Crippen LogP contribution in [0.2, 0.25) is 0 Å². The number of carbonyl (C=O) groups is 1. The maximum Gasteiger partial charge on any atom is 0.271 e. The molecule has 92 valence electrons. The Bertz CT molecular complexity index is 624. The molecule has 1 aromatic carbocycles. The third-order valence-electron chi connectivity index (χ3n) is 2.77. The van der Waals surface area contributed by atoms with Crippen molar-refractivity contribution in [3.05, 3.63) is 63.6 Å². The number of hydrogen-bond donors (Lipinski definition) is 2. The summed E-state index contributed by atoms with van der Waals surface area (Å²) in [6.07, 6.45) is 1.52. The fourth-order valence-electron chi connectivity index (χ4n) is 1.88. The first kappa shape index (κ1) is 12.1. The van der Waals surface area contributed by atoms with E-state index >= 15 is 0 Å². The smallest absolute Gasteiger partial charge is 0.271 e. The zero-order chi connectivity index (χ0) is 13.1. The highest BCUT2D eigenvalue weighted by Gasteiger charge is 2.12. The Hall–Kier alpha value is -2.36. The number of H-pyrrole nitrogens is 1. The Balaban J connectivity index is 2.34. The van der Waals surface area contributed by atoms with Crippen LogP contribution in [0.1, 0.15) is 21.5 Å². The van der Waals surface area contributed by atoms with Gasteiger partial charge < -0.3 is 10.3 Å². The van der Waals surface area contributed by atoms with E-state index in [1.807, 2.05) is 32.0 Å². The van der Waals surface area contributed by atoms with E-state index in [4.69, 9.17) is 0 Å². The van der Waals surface area contributed by atoms with Gasteiger partial charge in [0.05, 0.1) is 0 Å². The number of pyridine rings is 1. The molecule has 0 spiro atoms. The van der Waals surface area contributed by atoms with Crippen LogP contribution < -0.4 is 10.9 Å². The van der Waals surface area contributed by atoms with Crippen molar-refractivity contribution in [1.29, 1.82) is 0 Å². The van der Waals surface area contributed by atoms with E-state index in [2.05, 4.69) is 10.3 Å². The van der Waals surface area contributed by atoms with Crippen LogP contribution in [-0.4, -0.2) is 10.9 Å². The minimum atomic E-state index is -0.308. The van der Waals surface area contributed by atoms with E-state index in [0.29, 0.717) is 5.56 Å². The molecule has 0 radical (unpaired) electrons. The van der Waals surface area contributed by atoms with Gasteiger partial charge in [-0.2, -0.15) is 0 Å². The van der Waals surface area contributed by atoms with Gasteiger partial charge in [0.15, 0.2) is 0 Å². The Morgan fingerprint density at radius 2 is 1.78 bits per heavy atom. The third-order valence-corrected chi connectivity index (χ3v) is 2.77. The van der Waals surface area contributed by atoms with Gasteiger partial charge in [-0.25, -0.2) is 0 Å². The number of anilines is 1. The predicted octanol–water partition coefficient (Wildman–Crippen LogP) is 2.24. The summed E-state index contributed by atoms with van der Waals surface area (Å²) in [5.41, 5.74) is 2.34. The molecule has 0 aliphatic carbocycles. The fourth-order valence-corrected chi connectivity index (χ4v) is 1.88. The molecule has 0 saturated heterocycles. The van der Waals surface area contributed by atoms with Gasteiger partial charge in [0, 0.05) is 11.8 Å². The highest BCUT2D eigenvalue weighted by Crippen LogP contribution is 2.14. The van der Waals surface area contributed by atoms with E-state index in [1.165, 1.54) is 6.20 Å². The number of benzene rings is 1. The van der Waals surface area contributed by atoms with Crippen LogP contribution in [0, 0.1) is 13.8 Å². The number of aryl methyl sites for hydroxylation is 2. The second-order valence-electron chi connectivity index (χ2n) is 4.13. The zero-order valence-corrected chi connectivity index (χ0v) is 10.3. The molecule has 0 bridgehead atoms. The molecule has 1 heterocycles. The van der Waals surface area contributed by atoms with Crippen molar-refractivity contribution in [2.75, 3.05) is 5.32 Å². The second kappa shape index (κ2) is 4.87. The van der Waals surface area contributed by atoms with Gasteiger partial charge in [0.25, 0.3) is 11.5 Å². The summed E-state index contributed by atoms with van der Waals surface area (Å²) in [6, 6.07) is 8.89. The average molecular weight is 242 g/mol. The standard InChI is InChI=1S/C14H14N2O2/c1-9-5-3-6-10(2)12(9)14(18)16-11-7-4-8-15-13(11)17/h3-8H,1-2H3,(H,15,17)(H,16,18). The van der Waals surface area contributed by atoms with Gasteiger partial charge in [-0.3, -0.25) is 9.59 Å². The lowest BCUT2D eigenvalue weighted by Gasteiger charge is -2.09. The van der Waals surface area contributed by atoms with Crippen LogP contribution >= 0.6 is 0 Å². The lowest BCUT2D eigenvalue weighted by molar-refractivity contribution is 0.102. The van der Waals surface area contributed by atoms with E-state index in [9.17, 15) is 9.59 Å². The van der Waals surface area contributed by atoms with Gasteiger partial charge in [-0.1, -0.05) is 18.2 Å². The predicted molar refractivity (Wildman–Crippen MR) is 70.9 cm³/mol. The molecule has 1 amide bonds. The first-order valence-corrected chi connectivity index (χ1v) is 5.65. The van der Waals surface area contributed by atoms with Gasteiger partial charge >= 0.3 is 0 Å². The van der Waals surface area contributed by atoms with Gasteiger partial charge in [-0.15, -0.1) is 0 Å². The number of nitrogens with one attached hydrogen (secondary N) is 2. The lowest BCUT2D eigenvalue weighted by Crippen LogP contribution is -2.20. The largest absolute Gasteiger partial charge is 0.327 e. The van der Waals surface area contributed by atoms with Crippen LogP contribution in [0.25, 0.3) is 0 Å². The Kier molecular flexibility index (Phi) is 3.28. The minimum Gasteiger partial charge on any atom is -0.327 e. The van der Waals surface area contributed by atoms with Gasteiger partial charge in [0.1, 0.15) is 5.69 Å². The monoisotopic (exact) mass is 242 g/mol. The molecule has 1 aromatic heterocycles. The Morgan fingerprint density at radius 1 is 1.11 bits per heavy atom. The quantitative estimate of drug-likeness (QED) is 0.848. The van der Waals surface area contributed by atoms with E-state index in [0.717, 1.165) is 11.1 Å². The minimum absolute atomic E-state index is 0.255. The average Bonchev–Trinajstić information content (AvgIpc) is 2.32. The SMILES string of the molecule is Cc1cccc(C)c1C(=O)Nc1ccc[nH]c1=O. The number of aromatic nitrogens is 1. The van der Waals surface area contributed by atoms with Crippen molar-refractivity contribution in [2.24, 2.45) is 0 Å². The van der Waals surface area contributed by atoms with Crippen molar-refractivity contribution in [1.82, 2.24) is 4.98 Å². The number of carbonyl (C=O) groups excluding carboxylic acids is 1. The van der Waals surface area contributed by atoms with Crippen LogP contribution in [0.15, 0.2) is 41.3 Å². The summed E-state index contributed by atoms with van der Waals surface area (Å²) in [7, 11) is 0. The molecule has 18 heavy (non-hydrogen) atoms. The van der Waals surface area contributed by atoms with Crippen molar-refractivity contribution >= 4 is 11.6 Å². The summed E-state index contributed by atoms with van der Waals surface area (Å²) in [6.45, 7) is 3.74. The Morgan fingerprint density at radius 3 is 2.39 bits per heavy atom. The van der Waals surface area contributed by atoms with E-state index < -0.39 is 0 Å². The molecule has 0 aliphatic rings. The summed E-state index contributed by atoms with van der Waals surface area (Å²) in [4.78, 5) is 26.1. The molecular weight excluding hydrogens is 228 g/mol. The highest BCUT2D eigenvalue weighted by molar-refractivity contribution is 6.06.